The summed E-state index contributed by atoms with van der Waals surface area (Å²) in [6.45, 7) is 4.83. The second-order valence-electron chi connectivity index (χ2n) is 4.52. The Morgan fingerprint density at radius 1 is 1.29 bits per heavy atom. The Morgan fingerprint density at radius 2 is 2.10 bits per heavy atom. The van der Waals surface area contributed by atoms with Gasteiger partial charge in [0.05, 0.1) is 12.1 Å². The van der Waals surface area contributed by atoms with Crippen LogP contribution in [0.4, 0.5) is 5.82 Å². The smallest absolute Gasteiger partial charge is 0.268 e. The van der Waals surface area contributed by atoms with Gasteiger partial charge in [0.15, 0.2) is 5.82 Å². The summed E-state index contributed by atoms with van der Waals surface area (Å²) in [5.41, 5.74) is 1.06. The second kappa shape index (κ2) is 7.13. The molecule has 0 unspecified atom stereocenters. The van der Waals surface area contributed by atoms with Gasteiger partial charge in [-0.1, -0.05) is 24.6 Å². The van der Waals surface area contributed by atoms with Crippen LogP contribution in [0.2, 0.25) is 5.02 Å². The lowest BCUT2D eigenvalue weighted by atomic mass is 10.2. The molecule has 0 aliphatic carbocycles. The standard InChI is InChI=1S/C15H18ClN3O2/c1-4-7-17-14-13(20-3)15(19-9-18-14)21-12-6-5-10(2)8-11(12)16/h5-6,8-9H,4,7H2,1-3H3,(H,17,18,19). The average Bonchev–Trinajstić information content (AvgIpc) is 2.48. The SMILES string of the molecule is CCCNc1ncnc(Oc2ccc(C)cc2Cl)c1OC. The molecule has 1 aromatic heterocycles. The second-order valence-corrected chi connectivity index (χ2v) is 4.93. The predicted molar refractivity (Wildman–Crippen MR) is 83.6 cm³/mol. The number of benzene rings is 1. The summed E-state index contributed by atoms with van der Waals surface area (Å²) in [5.74, 6) is 1.92. The van der Waals surface area contributed by atoms with Crippen molar-refractivity contribution in [2.45, 2.75) is 20.3 Å². The highest BCUT2D eigenvalue weighted by Gasteiger charge is 2.15. The van der Waals surface area contributed by atoms with Gasteiger partial charge in [0.1, 0.15) is 12.1 Å². The number of nitrogens with one attached hydrogen (secondary N) is 1. The number of nitrogens with zero attached hydrogens (tertiary/aromatic N) is 2. The summed E-state index contributed by atoms with van der Waals surface area (Å²) in [6.07, 6.45) is 2.41. The third kappa shape index (κ3) is 3.76. The van der Waals surface area contributed by atoms with Crippen molar-refractivity contribution >= 4 is 17.4 Å². The van der Waals surface area contributed by atoms with Gasteiger partial charge in [-0.15, -0.1) is 0 Å². The maximum absolute atomic E-state index is 6.17. The van der Waals surface area contributed by atoms with Crippen LogP contribution in [0, 0.1) is 6.92 Å². The van der Waals surface area contributed by atoms with Crippen molar-refractivity contribution in [1.29, 1.82) is 0 Å². The number of rotatable bonds is 6. The zero-order valence-corrected chi connectivity index (χ0v) is 13.1. The molecular weight excluding hydrogens is 290 g/mol. The first-order chi connectivity index (χ1) is 10.2. The Morgan fingerprint density at radius 3 is 2.76 bits per heavy atom. The molecule has 21 heavy (non-hydrogen) atoms. The van der Waals surface area contributed by atoms with Crippen LogP contribution in [0.3, 0.4) is 0 Å². The van der Waals surface area contributed by atoms with E-state index in [1.54, 1.807) is 13.2 Å². The Hall–Kier alpha value is -2.01. The lowest BCUT2D eigenvalue weighted by Gasteiger charge is -2.13. The molecule has 0 radical (unpaired) electrons. The molecule has 0 amide bonds. The highest BCUT2D eigenvalue weighted by Crippen LogP contribution is 2.36. The molecule has 0 atom stereocenters. The van der Waals surface area contributed by atoms with Crippen LogP contribution in [-0.2, 0) is 0 Å². The van der Waals surface area contributed by atoms with Crippen molar-refractivity contribution in [3.05, 3.63) is 35.1 Å². The number of methoxy groups -OCH3 is 1. The van der Waals surface area contributed by atoms with Gasteiger partial charge >= 0.3 is 0 Å². The number of anilines is 1. The zero-order chi connectivity index (χ0) is 15.2. The molecule has 0 aliphatic heterocycles. The van der Waals surface area contributed by atoms with Gasteiger partial charge in [0.2, 0.25) is 5.75 Å². The first kappa shape index (κ1) is 15.4. The topological polar surface area (TPSA) is 56.3 Å². The van der Waals surface area contributed by atoms with E-state index in [4.69, 9.17) is 21.1 Å². The lowest BCUT2D eigenvalue weighted by molar-refractivity contribution is 0.369. The molecule has 1 aromatic carbocycles. The molecular formula is C15H18ClN3O2. The van der Waals surface area contributed by atoms with Crippen molar-refractivity contribution in [3.63, 3.8) is 0 Å². The number of hydrogen-bond donors (Lipinski definition) is 1. The first-order valence-corrected chi connectivity index (χ1v) is 7.10. The maximum Gasteiger partial charge on any atom is 0.268 e. The zero-order valence-electron chi connectivity index (χ0n) is 12.3. The molecule has 0 fully saturated rings. The Bertz CT molecular complexity index is 620. The van der Waals surface area contributed by atoms with Gasteiger partial charge in [0, 0.05) is 6.54 Å². The fourth-order valence-electron chi connectivity index (χ4n) is 1.78. The molecule has 1 N–H and O–H groups in total. The van der Waals surface area contributed by atoms with Gasteiger partial charge in [-0.05, 0) is 31.0 Å². The molecule has 0 bridgehead atoms. The van der Waals surface area contributed by atoms with Crippen LogP contribution >= 0.6 is 11.6 Å². The summed E-state index contributed by atoms with van der Waals surface area (Å²) in [5, 5.41) is 3.70. The first-order valence-electron chi connectivity index (χ1n) is 6.72. The van der Waals surface area contributed by atoms with Crippen molar-refractivity contribution in [2.75, 3.05) is 19.0 Å². The number of hydrogen-bond acceptors (Lipinski definition) is 5. The average molecular weight is 308 g/mol. The third-order valence-electron chi connectivity index (χ3n) is 2.81. The number of aromatic nitrogens is 2. The van der Waals surface area contributed by atoms with Crippen LogP contribution < -0.4 is 14.8 Å². The minimum Gasteiger partial charge on any atom is -0.489 e. The largest absolute Gasteiger partial charge is 0.489 e. The quantitative estimate of drug-likeness (QED) is 0.872. The Labute approximate surface area is 129 Å². The van der Waals surface area contributed by atoms with E-state index in [1.165, 1.54) is 6.33 Å². The van der Waals surface area contributed by atoms with Crippen LogP contribution in [0.25, 0.3) is 0 Å². The third-order valence-corrected chi connectivity index (χ3v) is 3.11. The monoisotopic (exact) mass is 307 g/mol. The van der Waals surface area contributed by atoms with E-state index in [2.05, 4.69) is 22.2 Å². The van der Waals surface area contributed by atoms with Crippen LogP contribution in [0.1, 0.15) is 18.9 Å². The van der Waals surface area contributed by atoms with Gasteiger partial charge < -0.3 is 14.8 Å². The minimum atomic E-state index is 0.330. The fourth-order valence-corrected chi connectivity index (χ4v) is 2.05. The predicted octanol–water partition coefficient (Wildman–Crippen LogP) is 4.06. The van der Waals surface area contributed by atoms with E-state index in [-0.39, 0.29) is 0 Å². The van der Waals surface area contributed by atoms with E-state index in [1.807, 2.05) is 19.1 Å². The highest BCUT2D eigenvalue weighted by molar-refractivity contribution is 6.32. The molecule has 0 spiro atoms. The summed E-state index contributed by atoms with van der Waals surface area (Å²) in [6, 6.07) is 5.56. The summed E-state index contributed by atoms with van der Waals surface area (Å²) in [7, 11) is 1.55. The van der Waals surface area contributed by atoms with Gasteiger partial charge in [0.25, 0.3) is 5.88 Å². The van der Waals surface area contributed by atoms with E-state index >= 15 is 0 Å². The maximum atomic E-state index is 6.17. The molecule has 0 aliphatic rings. The highest BCUT2D eigenvalue weighted by atomic mass is 35.5. The van der Waals surface area contributed by atoms with E-state index in [0.29, 0.717) is 28.2 Å². The molecule has 5 nitrogen and oxygen atoms in total. The van der Waals surface area contributed by atoms with Crippen LogP contribution in [-0.4, -0.2) is 23.6 Å². The molecule has 112 valence electrons. The molecule has 1 heterocycles. The van der Waals surface area contributed by atoms with E-state index in [9.17, 15) is 0 Å². The van der Waals surface area contributed by atoms with Crippen molar-refractivity contribution in [1.82, 2.24) is 9.97 Å². The minimum absolute atomic E-state index is 0.330. The summed E-state index contributed by atoms with van der Waals surface area (Å²) >= 11 is 6.17. The van der Waals surface area contributed by atoms with Crippen molar-refractivity contribution in [2.24, 2.45) is 0 Å². The van der Waals surface area contributed by atoms with Crippen molar-refractivity contribution in [3.8, 4) is 17.4 Å². The molecule has 0 saturated carbocycles. The van der Waals surface area contributed by atoms with Crippen LogP contribution in [0.5, 0.6) is 17.4 Å². The van der Waals surface area contributed by atoms with Gasteiger partial charge in [-0.3, -0.25) is 0 Å². The summed E-state index contributed by atoms with van der Waals surface area (Å²) < 4.78 is 11.1. The van der Waals surface area contributed by atoms with E-state index < -0.39 is 0 Å². The van der Waals surface area contributed by atoms with Gasteiger partial charge in [-0.25, -0.2) is 4.98 Å². The Kier molecular flexibility index (Phi) is 5.22. The molecule has 0 saturated heterocycles. The van der Waals surface area contributed by atoms with Crippen LogP contribution in [0.15, 0.2) is 24.5 Å². The number of aryl methyl sites for hydroxylation is 1. The molecule has 2 rings (SSSR count). The summed E-state index contributed by atoms with van der Waals surface area (Å²) in [4.78, 5) is 8.29. The number of halogens is 1. The normalized spacial score (nSPS) is 10.3. The molecule has 6 heteroatoms. The number of ether oxygens (including phenoxy) is 2. The fraction of sp³-hybridized carbons (Fsp3) is 0.333. The Balaban J connectivity index is 2.30. The van der Waals surface area contributed by atoms with Gasteiger partial charge in [-0.2, -0.15) is 4.98 Å². The van der Waals surface area contributed by atoms with E-state index in [0.717, 1.165) is 18.5 Å². The lowest BCUT2D eigenvalue weighted by Crippen LogP contribution is -2.06. The molecule has 2 aromatic rings. The van der Waals surface area contributed by atoms with Crippen molar-refractivity contribution < 1.29 is 9.47 Å².